The van der Waals surface area contributed by atoms with Gasteiger partial charge in [0, 0.05) is 0 Å². The third kappa shape index (κ3) is 1.28. The van der Waals surface area contributed by atoms with E-state index in [0.29, 0.717) is 0 Å². The van der Waals surface area contributed by atoms with Crippen LogP contribution in [0.25, 0.3) is 0 Å². The molecule has 9 N–H and O–H groups in total. The van der Waals surface area contributed by atoms with Crippen LogP contribution in [-0.4, -0.2) is 85.9 Å². The monoisotopic (exact) mass is 319 g/mol. The van der Waals surface area contributed by atoms with Crippen molar-refractivity contribution in [2.75, 3.05) is 6.61 Å². The number of ether oxygens (including phenoxy) is 2. The van der Waals surface area contributed by atoms with Crippen molar-refractivity contribution >= 4 is 5.96 Å². The average molecular weight is 319 g/mol. The Bertz CT molecular complexity index is 561. The molecule has 1 aliphatic carbocycles. The van der Waals surface area contributed by atoms with Crippen LogP contribution in [0.5, 0.6) is 0 Å². The first-order chi connectivity index (χ1) is 10.2. The maximum atomic E-state index is 12.5. The fourth-order valence-corrected chi connectivity index (χ4v) is 4.28. The van der Waals surface area contributed by atoms with Gasteiger partial charge in [0.15, 0.2) is 11.8 Å². The molecule has 0 aromatic rings. The van der Waals surface area contributed by atoms with Gasteiger partial charge < -0.3 is 40.1 Å². The molecule has 124 valence electrons. The molecule has 4 fully saturated rings. The molecule has 22 heavy (non-hydrogen) atoms. The van der Waals surface area contributed by atoms with Gasteiger partial charge in [0.1, 0.15) is 36.0 Å². The summed E-state index contributed by atoms with van der Waals surface area (Å²) in [4.78, 5) is 2.45. The summed E-state index contributed by atoms with van der Waals surface area (Å²) in [7, 11) is 0. The minimum Gasteiger partial charge on any atom is -0.805 e. The zero-order chi connectivity index (χ0) is 16.1. The fraction of sp³-hybridized carbons (Fsp3) is 0.909. The Morgan fingerprint density at radius 3 is 2.55 bits per heavy atom. The quantitative estimate of drug-likeness (QED) is 0.230. The lowest BCUT2D eigenvalue weighted by molar-refractivity contribution is -0.719. The van der Waals surface area contributed by atoms with Crippen molar-refractivity contribution in [1.29, 1.82) is 0 Å². The number of nitrogens with one attached hydrogen (secondary N) is 2. The van der Waals surface area contributed by atoms with Gasteiger partial charge in [0.05, 0.1) is 12.5 Å². The van der Waals surface area contributed by atoms with Crippen LogP contribution in [-0.2, 0) is 9.47 Å². The second-order valence-corrected chi connectivity index (χ2v) is 6.26. The summed E-state index contributed by atoms with van der Waals surface area (Å²) in [5.41, 5.74) is 1.72. The van der Waals surface area contributed by atoms with Crippen LogP contribution in [0.2, 0.25) is 0 Å². The molecule has 0 radical (unpaired) electrons. The molecule has 11 nitrogen and oxygen atoms in total. The summed E-state index contributed by atoms with van der Waals surface area (Å²) >= 11 is 0. The van der Waals surface area contributed by atoms with Gasteiger partial charge in [-0.25, -0.2) is 0 Å². The first kappa shape index (κ1) is 14.5. The van der Waals surface area contributed by atoms with Crippen molar-refractivity contribution in [1.82, 2.24) is 5.32 Å². The Balaban J connectivity index is 1.95. The lowest BCUT2D eigenvalue weighted by Crippen LogP contribution is -3.04. The van der Waals surface area contributed by atoms with E-state index < -0.39 is 60.3 Å². The van der Waals surface area contributed by atoms with Gasteiger partial charge in [-0.1, -0.05) is 0 Å². The number of aliphatic hydroxyl groups excluding tert-OH is 4. The number of hydrogen-bond acceptors (Lipinski definition) is 10. The number of aliphatic hydroxyl groups is 5. The van der Waals surface area contributed by atoms with E-state index in [1.54, 1.807) is 0 Å². The molecule has 1 saturated carbocycles. The Labute approximate surface area is 123 Å². The summed E-state index contributed by atoms with van der Waals surface area (Å²) in [6, 6.07) is 0. The molecule has 0 amide bonds. The Hall–Kier alpha value is -1.05. The highest BCUT2D eigenvalue weighted by Gasteiger charge is 2.81. The third-order valence-electron chi connectivity index (χ3n) is 5.26. The second-order valence-electron chi connectivity index (χ2n) is 6.26. The van der Waals surface area contributed by atoms with Gasteiger partial charge in [0.25, 0.3) is 0 Å². The first-order valence-electron chi connectivity index (χ1n) is 6.81. The van der Waals surface area contributed by atoms with Crippen LogP contribution in [0, 0.1) is 5.92 Å². The third-order valence-corrected chi connectivity index (χ3v) is 5.26. The van der Waals surface area contributed by atoms with E-state index in [9.17, 15) is 30.6 Å². The predicted molar refractivity (Wildman–Crippen MR) is 62.0 cm³/mol. The minimum absolute atomic E-state index is 0.153. The van der Waals surface area contributed by atoms with Crippen molar-refractivity contribution in [3.8, 4) is 0 Å². The van der Waals surface area contributed by atoms with Crippen molar-refractivity contribution in [2.24, 2.45) is 11.7 Å². The molecule has 0 aromatic carbocycles. The van der Waals surface area contributed by atoms with E-state index in [-0.39, 0.29) is 5.96 Å². The highest BCUT2D eigenvalue weighted by atomic mass is 16.9. The molecule has 5 aliphatic rings. The number of rotatable bonds is 1. The highest BCUT2D eigenvalue weighted by molar-refractivity contribution is 5.74. The fourth-order valence-electron chi connectivity index (χ4n) is 4.28. The van der Waals surface area contributed by atoms with Gasteiger partial charge in [0.2, 0.25) is 0 Å². The summed E-state index contributed by atoms with van der Waals surface area (Å²) in [6.07, 6.45) is -7.87. The topological polar surface area (TPSA) is 195 Å². The van der Waals surface area contributed by atoms with Crippen LogP contribution in [0.3, 0.4) is 0 Å². The predicted octanol–water partition coefficient (Wildman–Crippen LogP) is -8.07. The summed E-state index contributed by atoms with van der Waals surface area (Å²) in [5, 5.41) is 66.5. The molecule has 0 aromatic heterocycles. The molecule has 3 saturated heterocycles. The van der Waals surface area contributed by atoms with Gasteiger partial charge in [-0.3, -0.25) is 16.0 Å². The zero-order valence-corrected chi connectivity index (χ0v) is 11.2. The summed E-state index contributed by atoms with van der Waals surface area (Å²) in [5.74, 6) is -4.07. The van der Waals surface area contributed by atoms with Crippen LogP contribution >= 0.6 is 0 Å². The number of guanidine groups is 1. The number of nitrogens with two attached hydrogens (primary N) is 1. The molecular formula is C11H17N3O8. The van der Waals surface area contributed by atoms with E-state index in [1.807, 2.05) is 0 Å². The summed E-state index contributed by atoms with van der Waals surface area (Å²) < 4.78 is 10.1. The lowest BCUT2D eigenvalue weighted by Gasteiger charge is -2.73. The molecule has 5 rings (SSSR count). The summed E-state index contributed by atoms with van der Waals surface area (Å²) in [6.45, 7) is -0.871. The van der Waals surface area contributed by atoms with E-state index in [2.05, 4.69) is 10.3 Å². The second kappa shape index (κ2) is 3.88. The molecule has 11 heteroatoms. The maximum Gasteiger partial charge on any atom is 0.343 e. The van der Waals surface area contributed by atoms with Crippen molar-refractivity contribution in [3.05, 3.63) is 0 Å². The van der Waals surface area contributed by atoms with E-state index in [0.717, 1.165) is 0 Å². The minimum atomic E-state index is -2.75. The van der Waals surface area contributed by atoms with Gasteiger partial charge in [-0.2, -0.15) is 0 Å². The molecule has 4 bridgehead atoms. The van der Waals surface area contributed by atoms with Crippen LogP contribution in [0.1, 0.15) is 0 Å². The normalized spacial score (nSPS) is 62.4. The molecule has 1 spiro atoms. The highest BCUT2D eigenvalue weighted by Crippen LogP contribution is 2.56. The van der Waals surface area contributed by atoms with Gasteiger partial charge in [-0.05, 0) is 0 Å². The molecular weight excluding hydrogens is 302 g/mol. The van der Waals surface area contributed by atoms with Crippen LogP contribution in [0.15, 0.2) is 0 Å². The Morgan fingerprint density at radius 2 is 1.91 bits per heavy atom. The van der Waals surface area contributed by atoms with Gasteiger partial charge in [-0.15, -0.1) is 0 Å². The molecule has 9 atom stereocenters. The zero-order valence-electron chi connectivity index (χ0n) is 11.2. The average Bonchev–Trinajstić information content (AvgIpc) is 2.45. The SMILES string of the molecule is NC1=[NH+][C@H](O)[C@H]2[C@H]3O[C@]4([O-])O[C@@H]([C@H](O)[C@@]2(N1)[C@@H]4O)[C@@]3(O)CO. The number of hydrogen-bond donors (Lipinski definition) is 8. The van der Waals surface area contributed by atoms with E-state index >= 15 is 0 Å². The smallest absolute Gasteiger partial charge is 0.343 e. The van der Waals surface area contributed by atoms with E-state index in [1.165, 1.54) is 0 Å². The van der Waals surface area contributed by atoms with Crippen molar-refractivity contribution in [3.63, 3.8) is 0 Å². The molecule has 4 heterocycles. The maximum absolute atomic E-state index is 12.5. The lowest BCUT2D eigenvalue weighted by atomic mass is 9.55. The largest absolute Gasteiger partial charge is 0.805 e. The van der Waals surface area contributed by atoms with Crippen molar-refractivity contribution in [2.45, 2.75) is 47.8 Å². The first-order valence-corrected chi connectivity index (χ1v) is 6.81. The standard InChI is InChI=1S/C11H16N3O8/c12-8-13-6(17)2-4-9(19,1-15)5-3(16)10(2,14-8)7(18)11(20,21-4)22-5/h2-7,15-19H,1H2,(H3,12,13,14)/q-1/p+1/t2-,3+,4-,5+,6-,7+,9-,10-,11+/m1/s1. The Morgan fingerprint density at radius 1 is 1.27 bits per heavy atom. The van der Waals surface area contributed by atoms with Crippen LogP contribution in [0.4, 0.5) is 0 Å². The molecule has 0 unspecified atom stereocenters. The van der Waals surface area contributed by atoms with Crippen molar-refractivity contribution < 1.29 is 45.1 Å². The Kier molecular flexibility index (Phi) is 2.57. The van der Waals surface area contributed by atoms with Gasteiger partial charge >= 0.3 is 5.96 Å². The van der Waals surface area contributed by atoms with E-state index in [4.69, 9.17) is 15.2 Å². The van der Waals surface area contributed by atoms with Crippen LogP contribution < -0.4 is 21.1 Å². The molecule has 4 aliphatic heterocycles.